The van der Waals surface area contributed by atoms with E-state index in [1.165, 1.54) is 6.08 Å². The van der Waals surface area contributed by atoms with Gasteiger partial charge in [-0.15, -0.1) is 0 Å². The van der Waals surface area contributed by atoms with E-state index < -0.39 is 0 Å². The Labute approximate surface area is 158 Å². The van der Waals surface area contributed by atoms with Crippen molar-refractivity contribution in [2.75, 3.05) is 5.32 Å². The predicted molar refractivity (Wildman–Crippen MR) is 107 cm³/mol. The minimum Gasteiger partial charge on any atom is -0.346 e. The number of aromatic nitrogens is 3. The third kappa shape index (κ3) is 4.09. The van der Waals surface area contributed by atoms with Crippen molar-refractivity contribution in [1.29, 1.82) is 5.26 Å². The first-order valence-corrected chi connectivity index (χ1v) is 9.11. The highest BCUT2D eigenvalue weighted by molar-refractivity contribution is 6.03. The number of carbonyl (C=O) groups excluding carboxylic acids is 1. The topological polar surface area (TPSA) is 75.6 Å². The number of benzene rings is 1. The van der Waals surface area contributed by atoms with Crippen LogP contribution in [0.1, 0.15) is 38.3 Å². The van der Waals surface area contributed by atoms with Crippen LogP contribution >= 0.6 is 0 Å². The van der Waals surface area contributed by atoms with Gasteiger partial charge in [-0.25, -0.2) is 4.68 Å². The molecule has 1 unspecified atom stereocenters. The summed E-state index contributed by atoms with van der Waals surface area (Å²) in [6.07, 6.45) is 8.39. The molecular weight excluding hydrogens is 338 g/mol. The molecule has 6 heteroatoms. The Balaban J connectivity index is 1.79. The highest BCUT2D eigenvalue weighted by Gasteiger charge is 2.10. The maximum absolute atomic E-state index is 12.4. The zero-order valence-corrected chi connectivity index (χ0v) is 15.6. The van der Waals surface area contributed by atoms with Gasteiger partial charge in [0.05, 0.1) is 24.7 Å². The number of rotatable bonds is 7. The van der Waals surface area contributed by atoms with E-state index in [0.717, 1.165) is 22.9 Å². The average Bonchev–Trinajstić information content (AvgIpc) is 3.29. The van der Waals surface area contributed by atoms with Crippen molar-refractivity contribution in [2.45, 2.75) is 39.3 Å². The highest BCUT2D eigenvalue weighted by atomic mass is 16.1. The lowest BCUT2D eigenvalue weighted by Gasteiger charge is -2.13. The van der Waals surface area contributed by atoms with Crippen LogP contribution in [0, 0.1) is 11.3 Å². The maximum atomic E-state index is 12.4. The predicted octanol–water partition coefficient (Wildman–Crippen LogP) is 4.37. The first-order chi connectivity index (χ1) is 13.1. The largest absolute Gasteiger partial charge is 0.346 e. The third-order valence-corrected chi connectivity index (χ3v) is 4.63. The van der Waals surface area contributed by atoms with Crippen molar-refractivity contribution < 1.29 is 4.79 Å². The van der Waals surface area contributed by atoms with Crippen molar-refractivity contribution in [3.05, 3.63) is 54.4 Å². The fourth-order valence-electron chi connectivity index (χ4n) is 3.03. The van der Waals surface area contributed by atoms with Gasteiger partial charge in [0, 0.05) is 41.4 Å². The fourth-order valence-corrected chi connectivity index (χ4v) is 3.03. The Morgan fingerprint density at radius 2 is 2.19 bits per heavy atom. The van der Waals surface area contributed by atoms with Gasteiger partial charge in [-0.2, -0.15) is 10.4 Å². The summed E-state index contributed by atoms with van der Waals surface area (Å²) < 4.78 is 3.87. The van der Waals surface area contributed by atoms with Crippen molar-refractivity contribution >= 4 is 28.7 Å². The number of carbonyl (C=O) groups is 1. The van der Waals surface area contributed by atoms with Gasteiger partial charge >= 0.3 is 0 Å². The molecule has 0 radical (unpaired) electrons. The molecule has 0 saturated carbocycles. The van der Waals surface area contributed by atoms with Crippen LogP contribution in [0.5, 0.6) is 0 Å². The SMILES string of the molecule is CCC(C)n1nccc1NC(=O)C=Cc1cn(CCC#N)c2ccccc12. The molecule has 3 aromatic rings. The van der Waals surface area contributed by atoms with Crippen molar-refractivity contribution in [3.8, 4) is 6.07 Å². The molecule has 1 amide bonds. The van der Waals surface area contributed by atoms with Gasteiger partial charge in [0.2, 0.25) is 5.91 Å². The number of hydrogen-bond donors (Lipinski definition) is 1. The lowest BCUT2D eigenvalue weighted by Crippen LogP contribution is -2.15. The number of nitrogens with one attached hydrogen (secondary N) is 1. The van der Waals surface area contributed by atoms with E-state index in [-0.39, 0.29) is 11.9 Å². The third-order valence-electron chi connectivity index (χ3n) is 4.63. The van der Waals surface area contributed by atoms with Crippen LogP contribution in [-0.2, 0) is 11.3 Å². The van der Waals surface area contributed by atoms with Crippen LogP contribution in [0.15, 0.2) is 48.8 Å². The summed E-state index contributed by atoms with van der Waals surface area (Å²) in [6.45, 7) is 4.78. The van der Waals surface area contributed by atoms with Crippen LogP contribution in [0.4, 0.5) is 5.82 Å². The van der Waals surface area contributed by atoms with Gasteiger partial charge < -0.3 is 9.88 Å². The molecule has 3 rings (SSSR count). The molecule has 2 aromatic heterocycles. The smallest absolute Gasteiger partial charge is 0.249 e. The molecule has 6 nitrogen and oxygen atoms in total. The number of para-hydroxylation sites is 1. The van der Waals surface area contributed by atoms with E-state index in [1.807, 2.05) is 45.8 Å². The second kappa shape index (κ2) is 8.37. The zero-order chi connectivity index (χ0) is 19.2. The van der Waals surface area contributed by atoms with E-state index >= 15 is 0 Å². The quantitative estimate of drug-likeness (QED) is 0.635. The van der Waals surface area contributed by atoms with E-state index in [0.29, 0.717) is 18.8 Å². The second-order valence-corrected chi connectivity index (χ2v) is 6.44. The molecule has 1 atom stereocenters. The summed E-state index contributed by atoms with van der Waals surface area (Å²) in [5, 5.41) is 17.1. The van der Waals surface area contributed by atoms with Crippen LogP contribution in [0.2, 0.25) is 0 Å². The minimum absolute atomic E-state index is 0.200. The Kier molecular flexibility index (Phi) is 5.72. The molecule has 2 heterocycles. The van der Waals surface area contributed by atoms with Crippen molar-refractivity contribution in [2.24, 2.45) is 0 Å². The zero-order valence-electron chi connectivity index (χ0n) is 15.6. The Morgan fingerprint density at radius 3 is 2.96 bits per heavy atom. The van der Waals surface area contributed by atoms with E-state index in [1.54, 1.807) is 12.3 Å². The number of fused-ring (bicyclic) bond motifs is 1. The summed E-state index contributed by atoms with van der Waals surface area (Å²) in [5.41, 5.74) is 2.01. The van der Waals surface area contributed by atoms with Gasteiger partial charge in [0.1, 0.15) is 5.82 Å². The maximum Gasteiger partial charge on any atom is 0.249 e. The fraction of sp³-hybridized carbons (Fsp3) is 0.286. The molecule has 0 saturated heterocycles. The van der Waals surface area contributed by atoms with Gasteiger partial charge in [-0.3, -0.25) is 4.79 Å². The minimum atomic E-state index is -0.200. The van der Waals surface area contributed by atoms with Crippen molar-refractivity contribution in [3.63, 3.8) is 0 Å². The summed E-state index contributed by atoms with van der Waals surface area (Å²) in [5.74, 6) is 0.490. The Bertz CT molecular complexity index is 1010. The first-order valence-electron chi connectivity index (χ1n) is 9.11. The van der Waals surface area contributed by atoms with Gasteiger partial charge in [-0.05, 0) is 25.5 Å². The number of nitrogens with zero attached hydrogens (tertiary/aromatic N) is 4. The molecule has 0 spiro atoms. The van der Waals surface area contributed by atoms with E-state index in [4.69, 9.17) is 5.26 Å². The standard InChI is InChI=1S/C21H23N5O/c1-3-16(2)26-20(11-13-23-26)24-21(27)10-9-17-15-25(14-6-12-22)19-8-5-4-7-18(17)19/h4-5,7-11,13,15-16H,3,6,14H2,1-2H3,(H,24,27). The molecule has 27 heavy (non-hydrogen) atoms. The summed E-state index contributed by atoms with van der Waals surface area (Å²) >= 11 is 0. The van der Waals surface area contributed by atoms with Crippen LogP contribution in [0.25, 0.3) is 17.0 Å². The highest BCUT2D eigenvalue weighted by Crippen LogP contribution is 2.23. The summed E-state index contributed by atoms with van der Waals surface area (Å²) in [4.78, 5) is 12.4. The Morgan fingerprint density at radius 1 is 1.37 bits per heavy atom. The number of hydrogen-bond acceptors (Lipinski definition) is 3. The number of aryl methyl sites for hydroxylation is 1. The monoisotopic (exact) mass is 361 g/mol. The average molecular weight is 361 g/mol. The van der Waals surface area contributed by atoms with Crippen molar-refractivity contribution in [1.82, 2.24) is 14.3 Å². The second-order valence-electron chi connectivity index (χ2n) is 6.44. The molecule has 0 bridgehead atoms. The molecule has 0 fully saturated rings. The molecule has 0 aliphatic heterocycles. The van der Waals surface area contributed by atoms with Crippen LogP contribution in [0.3, 0.4) is 0 Å². The number of anilines is 1. The van der Waals surface area contributed by atoms with Gasteiger partial charge in [0.15, 0.2) is 0 Å². The van der Waals surface area contributed by atoms with E-state index in [9.17, 15) is 4.79 Å². The molecule has 1 N–H and O–H groups in total. The first kappa shape index (κ1) is 18.5. The van der Waals surface area contributed by atoms with E-state index in [2.05, 4.69) is 30.3 Å². The molecule has 0 aliphatic rings. The lowest BCUT2D eigenvalue weighted by molar-refractivity contribution is -0.111. The van der Waals surface area contributed by atoms with Crippen LogP contribution in [-0.4, -0.2) is 20.3 Å². The Hall–Kier alpha value is -3.33. The molecule has 138 valence electrons. The van der Waals surface area contributed by atoms with Crippen LogP contribution < -0.4 is 5.32 Å². The normalized spacial score (nSPS) is 12.3. The molecule has 0 aliphatic carbocycles. The summed E-state index contributed by atoms with van der Waals surface area (Å²) in [6, 6.07) is 12.2. The lowest BCUT2D eigenvalue weighted by atomic mass is 10.1. The molecular formula is C21H23N5O. The van der Waals surface area contributed by atoms with Gasteiger partial charge in [0.25, 0.3) is 0 Å². The number of nitriles is 1. The number of amides is 1. The van der Waals surface area contributed by atoms with Gasteiger partial charge in [-0.1, -0.05) is 25.1 Å². The summed E-state index contributed by atoms with van der Waals surface area (Å²) in [7, 11) is 0. The molecule has 1 aromatic carbocycles.